The van der Waals surface area contributed by atoms with Crippen LogP contribution in [0.25, 0.3) is 6.08 Å². The first-order chi connectivity index (χ1) is 21.9. The molecule has 0 N–H and O–H groups in total. The van der Waals surface area contributed by atoms with E-state index in [4.69, 9.17) is 21.1 Å². The summed E-state index contributed by atoms with van der Waals surface area (Å²) in [5.41, 5.74) is 1.86. The second-order valence-electron chi connectivity index (χ2n) is 10.6. The van der Waals surface area contributed by atoms with E-state index in [1.54, 1.807) is 87.5 Å². The standard InChI is InChI=1S/C33H28ClN3O7S2/c1-18(2)44-32(40)29-19(3)35-33-36(30(29)22-8-5-20(6-9-22)17-28(38)43-4)31(39)27(46-33)16-21-7-14-26(25(15-21)37(41)42)45-24-12-10-23(34)11-13-24/h5-16,18,30H,17H2,1-4H3/b27-16+/t30-/m1/s1. The van der Waals surface area contributed by atoms with Crippen molar-refractivity contribution in [3.8, 4) is 0 Å². The molecule has 0 unspecified atom stereocenters. The minimum Gasteiger partial charge on any atom is -0.469 e. The maximum atomic E-state index is 14.0. The number of halogens is 1. The highest BCUT2D eigenvalue weighted by molar-refractivity contribution is 7.99. The van der Waals surface area contributed by atoms with Gasteiger partial charge in [0.05, 0.1) is 51.3 Å². The van der Waals surface area contributed by atoms with Crippen LogP contribution >= 0.6 is 34.7 Å². The summed E-state index contributed by atoms with van der Waals surface area (Å²) in [5, 5.41) is 12.6. The lowest BCUT2D eigenvalue weighted by Crippen LogP contribution is -2.40. The summed E-state index contributed by atoms with van der Waals surface area (Å²) in [6.07, 6.45) is 1.24. The third-order valence-corrected chi connectivity index (χ3v) is 9.28. The molecule has 1 aliphatic heterocycles. The average Bonchev–Trinajstić information content (AvgIpc) is 3.31. The van der Waals surface area contributed by atoms with Crippen LogP contribution < -0.4 is 14.9 Å². The molecule has 0 saturated carbocycles. The number of carbonyl (C=O) groups is 2. The molecule has 1 aromatic heterocycles. The predicted octanol–water partition coefficient (Wildman–Crippen LogP) is 5.62. The average molecular weight is 678 g/mol. The highest BCUT2D eigenvalue weighted by Crippen LogP contribution is 2.36. The fourth-order valence-corrected chi connectivity index (χ4v) is 6.94. The first-order valence-electron chi connectivity index (χ1n) is 14.1. The molecule has 0 spiro atoms. The van der Waals surface area contributed by atoms with Gasteiger partial charge in [0.15, 0.2) is 4.80 Å². The van der Waals surface area contributed by atoms with Gasteiger partial charge in [0.25, 0.3) is 11.2 Å². The molecule has 0 fully saturated rings. The number of aromatic nitrogens is 1. The molecule has 10 nitrogen and oxygen atoms in total. The molecule has 0 amide bonds. The summed E-state index contributed by atoms with van der Waals surface area (Å²) in [6.45, 7) is 5.16. The van der Waals surface area contributed by atoms with E-state index in [-0.39, 0.29) is 22.2 Å². The van der Waals surface area contributed by atoms with Crippen LogP contribution in [-0.2, 0) is 25.5 Å². The van der Waals surface area contributed by atoms with Gasteiger partial charge in [-0.1, -0.05) is 65.0 Å². The minimum atomic E-state index is -0.857. The largest absolute Gasteiger partial charge is 0.469 e. The summed E-state index contributed by atoms with van der Waals surface area (Å²) < 4.78 is 12.0. The molecule has 4 aromatic rings. The van der Waals surface area contributed by atoms with Crippen molar-refractivity contribution in [2.45, 2.75) is 49.1 Å². The molecule has 2 heterocycles. The number of rotatable bonds is 9. The Bertz CT molecular complexity index is 2050. The molecule has 0 bridgehead atoms. The first kappa shape index (κ1) is 32.9. The van der Waals surface area contributed by atoms with Gasteiger partial charge in [-0.05, 0) is 73.9 Å². The molecular weight excluding hydrogens is 650 g/mol. The van der Waals surface area contributed by atoms with E-state index in [1.165, 1.54) is 29.5 Å². The van der Waals surface area contributed by atoms with Crippen molar-refractivity contribution in [1.29, 1.82) is 0 Å². The van der Waals surface area contributed by atoms with Crippen LogP contribution in [0.4, 0.5) is 5.69 Å². The van der Waals surface area contributed by atoms with Crippen LogP contribution in [0.5, 0.6) is 0 Å². The molecule has 0 radical (unpaired) electrons. The van der Waals surface area contributed by atoms with E-state index in [0.29, 0.717) is 37.1 Å². The number of nitrogens with zero attached hydrogens (tertiary/aromatic N) is 3. The van der Waals surface area contributed by atoms with Gasteiger partial charge in [-0.2, -0.15) is 0 Å². The summed E-state index contributed by atoms with van der Waals surface area (Å²) in [4.78, 5) is 56.9. The smallest absolute Gasteiger partial charge is 0.338 e. The van der Waals surface area contributed by atoms with Gasteiger partial charge in [-0.15, -0.1) is 0 Å². The zero-order valence-corrected chi connectivity index (χ0v) is 27.6. The highest BCUT2D eigenvalue weighted by Gasteiger charge is 2.34. The van der Waals surface area contributed by atoms with Crippen molar-refractivity contribution in [2.75, 3.05) is 7.11 Å². The van der Waals surface area contributed by atoms with E-state index in [0.717, 1.165) is 16.2 Å². The first-order valence-corrected chi connectivity index (χ1v) is 16.1. The SMILES string of the molecule is COC(=O)Cc1ccc([C@@H]2C(C(=O)OC(C)C)=C(C)N=c3s/c(=C/c4ccc(Sc5ccc(Cl)cc5)c([N+](=O)[O-])c4)c(=O)n32)cc1. The van der Waals surface area contributed by atoms with Crippen LogP contribution in [0.3, 0.4) is 0 Å². The van der Waals surface area contributed by atoms with Crippen molar-refractivity contribution < 1.29 is 24.0 Å². The third-order valence-electron chi connectivity index (χ3n) is 6.97. The summed E-state index contributed by atoms with van der Waals surface area (Å²) in [7, 11) is 1.31. The fraction of sp³-hybridized carbons (Fsp3) is 0.212. The summed E-state index contributed by atoms with van der Waals surface area (Å²) in [6, 6.07) is 17.9. The molecule has 1 aliphatic rings. The number of allylic oxidation sites excluding steroid dienone is 1. The number of nitro groups is 1. The van der Waals surface area contributed by atoms with Crippen molar-refractivity contribution in [1.82, 2.24) is 4.57 Å². The molecule has 3 aromatic carbocycles. The molecule has 236 valence electrons. The second-order valence-corrected chi connectivity index (χ2v) is 13.1. The zero-order valence-electron chi connectivity index (χ0n) is 25.2. The lowest BCUT2D eigenvalue weighted by molar-refractivity contribution is -0.387. The predicted molar refractivity (Wildman–Crippen MR) is 176 cm³/mol. The number of methoxy groups -OCH3 is 1. The van der Waals surface area contributed by atoms with Crippen molar-refractivity contribution >= 4 is 58.4 Å². The molecule has 46 heavy (non-hydrogen) atoms. The highest BCUT2D eigenvalue weighted by atomic mass is 35.5. The number of hydrogen-bond acceptors (Lipinski definition) is 10. The van der Waals surface area contributed by atoms with Gasteiger partial charge in [-0.3, -0.25) is 24.3 Å². The molecule has 5 rings (SSSR count). The Morgan fingerprint density at radius 2 is 1.83 bits per heavy atom. The van der Waals surface area contributed by atoms with Crippen LogP contribution in [0.1, 0.15) is 43.5 Å². The van der Waals surface area contributed by atoms with E-state index in [2.05, 4.69) is 4.99 Å². The van der Waals surface area contributed by atoms with Gasteiger partial charge in [0.1, 0.15) is 0 Å². The van der Waals surface area contributed by atoms with Crippen LogP contribution in [0.2, 0.25) is 5.02 Å². The van der Waals surface area contributed by atoms with Gasteiger partial charge in [0.2, 0.25) is 0 Å². The minimum absolute atomic E-state index is 0.0692. The Labute approximate surface area is 276 Å². The lowest BCUT2D eigenvalue weighted by atomic mass is 9.94. The fourth-order valence-electron chi connectivity index (χ4n) is 4.87. The number of ether oxygens (including phenoxy) is 2. The van der Waals surface area contributed by atoms with E-state index >= 15 is 0 Å². The van der Waals surface area contributed by atoms with Crippen molar-refractivity contribution in [3.63, 3.8) is 0 Å². The quantitative estimate of drug-likeness (QED) is 0.127. The Morgan fingerprint density at radius 1 is 1.13 bits per heavy atom. The topological polar surface area (TPSA) is 130 Å². The number of nitro benzene ring substituents is 1. The van der Waals surface area contributed by atoms with E-state index < -0.39 is 34.6 Å². The molecule has 0 saturated heterocycles. The van der Waals surface area contributed by atoms with E-state index in [9.17, 15) is 24.5 Å². The van der Waals surface area contributed by atoms with Gasteiger partial charge < -0.3 is 9.47 Å². The zero-order chi connectivity index (χ0) is 33.1. The molecule has 0 aliphatic carbocycles. The van der Waals surface area contributed by atoms with E-state index in [1.807, 2.05) is 0 Å². The normalized spacial score (nSPS) is 14.6. The Morgan fingerprint density at radius 3 is 2.46 bits per heavy atom. The number of esters is 2. The summed E-state index contributed by atoms with van der Waals surface area (Å²) in [5.74, 6) is -0.993. The van der Waals surface area contributed by atoms with Crippen LogP contribution in [0, 0.1) is 10.1 Å². The number of hydrogen-bond donors (Lipinski definition) is 0. The number of thiazole rings is 1. The van der Waals surface area contributed by atoms with Crippen LogP contribution in [-0.4, -0.2) is 34.6 Å². The Hall–Kier alpha value is -4.52. The van der Waals surface area contributed by atoms with Gasteiger partial charge in [0, 0.05) is 16.0 Å². The number of benzene rings is 3. The maximum absolute atomic E-state index is 14.0. The molecular formula is C33H28ClN3O7S2. The van der Waals surface area contributed by atoms with Crippen LogP contribution in [0.15, 0.2) is 97.6 Å². The van der Waals surface area contributed by atoms with Crippen molar-refractivity contribution in [2.24, 2.45) is 4.99 Å². The Kier molecular flexibility index (Phi) is 9.90. The number of fused-ring (bicyclic) bond motifs is 1. The lowest BCUT2D eigenvalue weighted by Gasteiger charge is -2.25. The molecule has 13 heteroatoms. The summed E-state index contributed by atoms with van der Waals surface area (Å²) >= 11 is 8.32. The second kappa shape index (κ2) is 13.9. The maximum Gasteiger partial charge on any atom is 0.338 e. The molecule has 1 atom stereocenters. The third kappa shape index (κ3) is 7.14. The number of carbonyl (C=O) groups excluding carboxylic acids is 2. The van der Waals surface area contributed by atoms with Gasteiger partial charge in [-0.25, -0.2) is 9.79 Å². The van der Waals surface area contributed by atoms with Crippen molar-refractivity contribution in [3.05, 3.63) is 130 Å². The van der Waals surface area contributed by atoms with Gasteiger partial charge >= 0.3 is 11.9 Å². The monoisotopic (exact) mass is 677 g/mol. The Balaban J connectivity index is 1.59.